The standard InChI is InChI=1S/C18H20N2O/c19-11-16-18(17(12-21)20-16)15-9-7-14(8-10-15)6-5-13-3-1-2-4-13/h7-10,13,16-18,20-21H,1-4,12H2/t16-,17+,18+/m1/s1. The highest BCUT2D eigenvalue weighted by molar-refractivity contribution is 5.40. The summed E-state index contributed by atoms with van der Waals surface area (Å²) in [5.41, 5.74) is 2.14. The van der Waals surface area contributed by atoms with Crippen molar-refractivity contribution in [2.75, 3.05) is 6.61 Å². The Balaban J connectivity index is 1.70. The molecule has 108 valence electrons. The van der Waals surface area contributed by atoms with Crippen molar-refractivity contribution >= 4 is 0 Å². The van der Waals surface area contributed by atoms with Gasteiger partial charge >= 0.3 is 0 Å². The van der Waals surface area contributed by atoms with Crippen molar-refractivity contribution in [2.24, 2.45) is 5.92 Å². The van der Waals surface area contributed by atoms with Gasteiger partial charge in [0, 0.05) is 23.4 Å². The van der Waals surface area contributed by atoms with Crippen LogP contribution in [-0.4, -0.2) is 23.8 Å². The monoisotopic (exact) mass is 280 g/mol. The fourth-order valence-electron chi connectivity index (χ4n) is 3.30. The average Bonchev–Trinajstić information content (AvgIpc) is 3.00. The molecule has 2 aliphatic rings. The van der Waals surface area contributed by atoms with E-state index < -0.39 is 0 Å². The SMILES string of the molecule is N#C[C@H]1N[C@@H](CO)[C@H]1c1ccc(C#CC2CCCC2)cc1. The molecule has 1 saturated heterocycles. The lowest BCUT2D eigenvalue weighted by Gasteiger charge is -2.41. The first-order valence-corrected chi connectivity index (χ1v) is 7.70. The van der Waals surface area contributed by atoms with Crippen molar-refractivity contribution in [1.82, 2.24) is 5.32 Å². The molecule has 0 unspecified atom stereocenters. The van der Waals surface area contributed by atoms with Gasteiger partial charge in [0.05, 0.1) is 12.7 Å². The third kappa shape index (κ3) is 2.95. The summed E-state index contributed by atoms with van der Waals surface area (Å²) in [5.74, 6) is 7.27. The zero-order chi connectivity index (χ0) is 14.7. The Hall–Kier alpha value is -1.81. The molecular weight excluding hydrogens is 260 g/mol. The second-order valence-corrected chi connectivity index (χ2v) is 5.96. The maximum Gasteiger partial charge on any atom is 0.104 e. The van der Waals surface area contributed by atoms with E-state index in [-0.39, 0.29) is 24.6 Å². The molecule has 1 aromatic carbocycles. The van der Waals surface area contributed by atoms with Gasteiger partial charge in [0.25, 0.3) is 0 Å². The first kappa shape index (κ1) is 14.1. The quantitative estimate of drug-likeness (QED) is 0.816. The van der Waals surface area contributed by atoms with Crippen LogP contribution in [0.15, 0.2) is 24.3 Å². The lowest BCUT2D eigenvalue weighted by molar-refractivity contribution is 0.151. The Kier molecular flexibility index (Phi) is 4.25. The minimum atomic E-state index is -0.197. The van der Waals surface area contributed by atoms with Gasteiger partial charge in [-0.25, -0.2) is 0 Å². The molecule has 21 heavy (non-hydrogen) atoms. The minimum Gasteiger partial charge on any atom is -0.395 e. The van der Waals surface area contributed by atoms with Crippen LogP contribution in [0.25, 0.3) is 0 Å². The van der Waals surface area contributed by atoms with E-state index in [4.69, 9.17) is 5.26 Å². The Morgan fingerprint density at radius 1 is 1.19 bits per heavy atom. The zero-order valence-electron chi connectivity index (χ0n) is 12.0. The second-order valence-electron chi connectivity index (χ2n) is 5.96. The van der Waals surface area contributed by atoms with E-state index in [2.05, 4.69) is 23.2 Å². The molecule has 1 saturated carbocycles. The summed E-state index contributed by atoms with van der Waals surface area (Å²) >= 11 is 0. The molecule has 1 aromatic rings. The van der Waals surface area contributed by atoms with Crippen LogP contribution in [0.5, 0.6) is 0 Å². The lowest BCUT2D eigenvalue weighted by atomic mass is 9.78. The van der Waals surface area contributed by atoms with E-state index in [9.17, 15) is 5.11 Å². The highest BCUT2D eigenvalue weighted by Gasteiger charge is 2.40. The molecule has 1 aliphatic heterocycles. The van der Waals surface area contributed by atoms with E-state index in [0.29, 0.717) is 5.92 Å². The van der Waals surface area contributed by atoms with Crippen LogP contribution in [0, 0.1) is 29.1 Å². The maximum atomic E-state index is 9.30. The maximum absolute atomic E-state index is 9.30. The number of rotatable bonds is 2. The van der Waals surface area contributed by atoms with Crippen molar-refractivity contribution in [1.29, 1.82) is 5.26 Å². The fraction of sp³-hybridized carbons (Fsp3) is 0.500. The first-order valence-electron chi connectivity index (χ1n) is 7.70. The van der Waals surface area contributed by atoms with Crippen LogP contribution in [-0.2, 0) is 0 Å². The molecule has 0 radical (unpaired) electrons. The molecule has 0 bridgehead atoms. The van der Waals surface area contributed by atoms with Gasteiger partial charge < -0.3 is 5.11 Å². The molecule has 1 aliphatic carbocycles. The van der Waals surface area contributed by atoms with Crippen molar-refractivity contribution in [3.05, 3.63) is 35.4 Å². The highest BCUT2D eigenvalue weighted by atomic mass is 16.3. The summed E-state index contributed by atoms with van der Waals surface area (Å²) in [6, 6.07) is 10.2. The molecule has 3 rings (SSSR count). The fourth-order valence-corrected chi connectivity index (χ4v) is 3.30. The first-order chi connectivity index (χ1) is 10.3. The number of benzene rings is 1. The Morgan fingerprint density at radius 2 is 1.90 bits per heavy atom. The number of hydrogen-bond acceptors (Lipinski definition) is 3. The van der Waals surface area contributed by atoms with Crippen LogP contribution in [0.2, 0.25) is 0 Å². The van der Waals surface area contributed by atoms with Crippen LogP contribution < -0.4 is 5.32 Å². The van der Waals surface area contributed by atoms with Gasteiger partial charge in [-0.05, 0) is 30.5 Å². The molecule has 0 amide bonds. The second kappa shape index (κ2) is 6.31. The molecule has 3 atom stereocenters. The molecule has 3 nitrogen and oxygen atoms in total. The van der Waals surface area contributed by atoms with E-state index in [1.165, 1.54) is 25.7 Å². The molecule has 2 N–H and O–H groups in total. The van der Waals surface area contributed by atoms with Crippen LogP contribution in [0.3, 0.4) is 0 Å². The van der Waals surface area contributed by atoms with Crippen molar-refractivity contribution in [2.45, 2.75) is 43.7 Å². The zero-order valence-corrected chi connectivity index (χ0v) is 12.0. The van der Waals surface area contributed by atoms with Gasteiger partial charge in [-0.2, -0.15) is 5.26 Å². The molecule has 0 spiro atoms. The topological polar surface area (TPSA) is 56.0 Å². The van der Waals surface area contributed by atoms with Crippen LogP contribution in [0.1, 0.15) is 42.7 Å². The molecule has 3 heteroatoms. The van der Waals surface area contributed by atoms with Gasteiger partial charge in [-0.3, -0.25) is 5.32 Å². The number of nitrogens with zero attached hydrogens (tertiary/aromatic N) is 1. The van der Waals surface area contributed by atoms with E-state index in [1.54, 1.807) is 0 Å². The summed E-state index contributed by atoms with van der Waals surface area (Å²) in [6.45, 7) is 0.0616. The van der Waals surface area contributed by atoms with Crippen molar-refractivity contribution < 1.29 is 5.11 Å². The predicted octanol–water partition coefficient (Wildman–Crippen LogP) is 2.17. The summed E-state index contributed by atoms with van der Waals surface area (Å²) in [4.78, 5) is 0. The molecular formula is C18H20N2O. The Bertz CT molecular complexity index is 584. The summed E-state index contributed by atoms with van der Waals surface area (Å²) in [6.07, 6.45) is 5.10. The largest absolute Gasteiger partial charge is 0.395 e. The summed E-state index contributed by atoms with van der Waals surface area (Å²) < 4.78 is 0. The number of aliphatic hydroxyl groups excluding tert-OH is 1. The van der Waals surface area contributed by atoms with Gasteiger partial charge in [-0.15, -0.1) is 0 Å². The van der Waals surface area contributed by atoms with E-state index in [1.807, 2.05) is 24.3 Å². The Morgan fingerprint density at radius 3 is 2.52 bits per heavy atom. The molecule has 1 heterocycles. The number of nitrogens with one attached hydrogen (secondary N) is 1. The van der Waals surface area contributed by atoms with Crippen molar-refractivity contribution in [3.63, 3.8) is 0 Å². The van der Waals surface area contributed by atoms with Crippen molar-refractivity contribution in [3.8, 4) is 17.9 Å². The van der Waals surface area contributed by atoms with Crippen LogP contribution in [0.4, 0.5) is 0 Å². The predicted molar refractivity (Wildman–Crippen MR) is 81.4 cm³/mol. The van der Waals surface area contributed by atoms with Gasteiger partial charge in [-0.1, -0.05) is 36.8 Å². The van der Waals surface area contributed by atoms with Gasteiger partial charge in [0.2, 0.25) is 0 Å². The van der Waals surface area contributed by atoms with E-state index in [0.717, 1.165) is 11.1 Å². The smallest absolute Gasteiger partial charge is 0.104 e. The summed E-state index contributed by atoms with van der Waals surface area (Å²) in [7, 11) is 0. The molecule has 0 aromatic heterocycles. The normalized spacial score (nSPS) is 28.3. The van der Waals surface area contributed by atoms with Crippen LogP contribution >= 0.6 is 0 Å². The number of aliphatic hydroxyl groups is 1. The lowest BCUT2D eigenvalue weighted by Crippen LogP contribution is -2.60. The average molecular weight is 280 g/mol. The Labute approximate surface area is 126 Å². The summed E-state index contributed by atoms with van der Waals surface area (Å²) in [5, 5.41) is 21.4. The molecule has 2 fully saturated rings. The third-order valence-corrected chi connectivity index (χ3v) is 4.59. The van der Waals surface area contributed by atoms with E-state index >= 15 is 0 Å². The highest BCUT2D eigenvalue weighted by Crippen LogP contribution is 2.31. The third-order valence-electron chi connectivity index (χ3n) is 4.59. The number of hydrogen-bond donors (Lipinski definition) is 2. The van der Waals surface area contributed by atoms with Gasteiger partial charge in [0.15, 0.2) is 0 Å². The van der Waals surface area contributed by atoms with Gasteiger partial charge in [0.1, 0.15) is 6.04 Å². The number of nitriles is 1. The minimum absolute atomic E-state index is 0.00919.